The fourth-order valence-corrected chi connectivity index (χ4v) is 4.87. The average Bonchev–Trinajstić information content (AvgIpc) is 2.97. The minimum absolute atomic E-state index is 0. The van der Waals surface area contributed by atoms with Gasteiger partial charge in [0.05, 0.1) is 0 Å². The molecule has 4 rings (SSSR count). The van der Waals surface area contributed by atoms with Crippen LogP contribution in [-0.4, -0.2) is 5.11 Å². The second kappa shape index (κ2) is 10.9. The third-order valence-electron chi connectivity index (χ3n) is 6.65. The summed E-state index contributed by atoms with van der Waals surface area (Å²) in [5.74, 6) is 0.349. The number of phenolic OH excluding ortho intramolecular Hbond substituents is 1. The van der Waals surface area contributed by atoms with E-state index >= 15 is 0 Å². The predicted octanol–water partition coefficient (Wildman–Crippen LogP) is 8.79. The van der Waals surface area contributed by atoms with E-state index in [0.29, 0.717) is 5.75 Å². The molecule has 0 fully saturated rings. The maximum atomic E-state index is 10.6. The van der Waals surface area contributed by atoms with E-state index in [1.54, 1.807) is 0 Å². The summed E-state index contributed by atoms with van der Waals surface area (Å²) in [4.78, 5) is 0. The van der Waals surface area contributed by atoms with E-state index in [-0.39, 0.29) is 54.8 Å². The molecular weight excluding hydrogens is 424 g/mol. The molecule has 0 aromatic heterocycles. The van der Waals surface area contributed by atoms with Gasteiger partial charge >= 0.3 is 21.7 Å². The molecule has 169 valence electrons. The number of benzene rings is 3. The summed E-state index contributed by atoms with van der Waals surface area (Å²) in [5.41, 5.74) is 8.91. The monoisotopic (exact) mass is 463 g/mol. The molecule has 0 saturated heterocycles. The van der Waals surface area contributed by atoms with Gasteiger partial charge in [0.15, 0.2) is 0 Å². The molecule has 0 atom stereocenters. The first-order chi connectivity index (χ1) is 13.3. The summed E-state index contributed by atoms with van der Waals surface area (Å²) in [6, 6.07) is 21.6. The van der Waals surface area contributed by atoms with Crippen molar-refractivity contribution in [2.75, 3.05) is 0 Å². The molecule has 0 amide bonds. The minimum Gasteiger partial charge on any atom is -0.507 e. The summed E-state index contributed by atoms with van der Waals surface area (Å²) >= 11 is 0. The number of hydrogen-bond donors (Lipinski definition) is 1. The smallest absolute Gasteiger partial charge is 0.507 e. The van der Waals surface area contributed by atoms with Crippen molar-refractivity contribution in [3.8, 4) is 28.0 Å². The molecule has 0 spiro atoms. The Balaban J connectivity index is 0.00000240. The van der Waals surface area contributed by atoms with E-state index < -0.39 is 0 Å². The molecule has 3 aromatic carbocycles. The normalized spacial score (nSPS) is 12.8. The average molecular weight is 464 g/mol. The van der Waals surface area contributed by atoms with Gasteiger partial charge in [0.25, 0.3) is 0 Å². The van der Waals surface area contributed by atoms with Crippen LogP contribution in [0.3, 0.4) is 0 Å². The Morgan fingerprint density at radius 3 is 1.91 bits per heavy atom. The van der Waals surface area contributed by atoms with Crippen molar-refractivity contribution in [2.24, 2.45) is 0 Å². The van der Waals surface area contributed by atoms with Crippen LogP contribution in [0, 0.1) is 22.3 Å². The van der Waals surface area contributed by atoms with Crippen molar-refractivity contribution in [2.45, 2.75) is 58.3 Å². The van der Waals surface area contributed by atoms with E-state index in [4.69, 9.17) is 0 Å². The first-order valence-electron chi connectivity index (χ1n) is 10.4. The molecule has 1 N–H and O–H groups in total. The SMILES string of the molecule is CCC1(CC)c2ccccc2-c2ccc(-c3cc(C(C)(C)C)ccc3O)cc21.[CH3-].[CH3-].[CH3-].[Ti+3]. The van der Waals surface area contributed by atoms with E-state index in [2.05, 4.69) is 83.1 Å². The zero-order valence-corrected chi connectivity index (χ0v) is 22.7. The first kappa shape index (κ1) is 30.2. The Morgan fingerprint density at radius 2 is 1.31 bits per heavy atom. The second-order valence-corrected chi connectivity index (χ2v) is 9.08. The third-order valence-corrected chi connectivity index (χ3v) is 6.65. The fourth-order valence-electron chi connectivity index (χ4n) is 4.87. The number of hydrogen-bond acceptors (Lipinski definition) is 1. The van der Waals surface area contributed by atoms with Gasteiger partial charge in [-0.05, 0) is 69.8 Å². The molecule has 0 bridgehead atoms. The maximum Gasteiger partial charge on any atom is 3.00 e. The van der Waals surface area contributed by atoms with Gasteiger partial charge in [-0.15, -0.1) is 0 Å². The van der Waals surface area contributed by atoms with Crippen LogP contribution in [0.1, 0.15) is 64.2 Å². The quantitative estimate of drug-likeness (QED) is 0.304. The van der Waals surface area contributed by atoms with Crippen LogP contribution in [-0.2, 0) is 32.5 Å². The van der Waals surface area contributed by atoms with Crippen molar-refractivity contribution in [3.05, 3.63) is 99.6 Å². The molecule has 1 aliphatic carbocycles. The topological polar surface area (TPSA) is 20.2 Å². The summed E-state index contributed by atoms with van der Waals surface area (Å²) < 4.78 is 0. The molecule has 0 heterocycles. The Morgan fingerprint density at radius 1 is 0.719 bits per heavy atom. The summed E-state index contributed by atoms with van der Waals surface area (Å²) in [5, 5.41) is 10.6. The molecule has 3 aromatic rings. The van der Waals surface area contributed by atoms with Crippen molar-refractivity contribution in [1.29, 1.82) is 0 Å². The molecule has 2 heteroatoms. The van der Waals surface area contributed by atoms with Crippen molar-refractivity contribution in [3.63, 3.8) is 0 Å². The summed E-state index contributed by atoms with van der Waals surface area (Å²) in [6.07, 6.45) is 2.15. The van der Waals surface area contributed by atoms with Crippen LogP contribution in [0.5, 0.6) is 5.75 Å². The summed E-state index contributed by atoms with van der Waals surface area (Å²) in [7, 11) is 0. The van der Waals surface area contributed by atoms with Gasteiger partial charge in [0.2, 0.25) is 0 Å². The van der Waals surface area contributed by atoms with Crippen LogP contribution >= 0.6 is 0 Å². The van der Waals surface area contributed by atoms with Gasteiger partial charge in [-0.3, -0.25) is 0 Å². The maximum absolute atomic E-state index is 10.6. The first-order valence-corrected chi connectivity index (χ1v) is 10.4. The zero-order chi connectivity index (χ0) is 20.1. The van der Waals surface area contributed by atoms with Crippen molar-refractivity contribution >= 4 is 0 Å². The molecule has 1 nitrogen and oxygen atoms in total. The predicted molar refractivity (Wildman–Crippen MR) is 138 cm³/mol. The van der Waals surface area contributed by atoms with Gasteiger partial charge in [0, 0.05) is 11.0 Å². The Kier molecular flexibility index (Phi) is 10.2. The number of aromatic hydroxyl groups is 1. The number of phenols is 1. The van der Waals surface area contributed by atoms with Crippen LogP contribution in [0.25, 0.3) is 22.3 Å². The molecule has 1 radical (unpaired) electrons. The minimum atomic E-state index is 0. The van der Waals surface area contributed by atoms with E-state index in [1.807, 2.05) is 12.1 Å². The largest absolute Gasteiger partial charge is 3.00 e. The van der Waals surface area contributed by atoms with E-state index in [1.165, 1.54) is 27.8 Å². The van der Waals surface area contributed by atoms with E-state index in [9.17, 15) is 5.11 Å². The molecule has 0 saturated carbocycles. The molecular formula is C30H39OTi. The second-order valence-electron chi connectivity index (χ2n) is 9.08. The third kappa shape index (κ3) is 4.61. The summed E-state index contributed by atoms with van der Waals surface area (Å²) in [6.45, 7) is 11.2. The van der Waals surface area contributed by atoms with Gasteiger partial charge in [0.1, 0.15) is 5.75 Å². The Hall–Kier alpha value is -1.83. The Labute approximate surface area is 212 Å². The van der Waals surface area contributed by atoms with Crippen molar-refractivity contribution < 1.29 is 26.8 Å². The molecule has 32 heavy (non-hydrogen) atoms. The van der Waals surface area contributed by atoms with Crippen molar-refractivity contribution in [1.82, 2.24) is 0 Å². The van der Waals surface area contributed by atoms with Gasteiger partial charge in [-0.1, -0.05) is 77.1 Å². The van der Waals surface area contributed by atoms with Crippen LogP contribution < -0.4 is 0 Å². The fraction of sp³-hybridized carbons (Fsp3) is 0.300. The van der Waals surface area contributed by atoms with Gasteiger partial charge in [-0.25, -0.2) is 0 Å². The van der Waals surface area contributed by atoms with Gasteiger partial charge in [-0.2, -0.15) is 0 Å². The standard InChI is InChI=1S/C27H30O.3CH3.Ti/c1-6-27(7-2)23-11-9-8-10-20(23)21-14-12-18(16-24(21)27)22-17-19(26(3,4)5)13-15-25(22)28;;;;/h8-17,28H,6-7H2,1-5H3;3*1H3;/q;3*-1;+3. The zero-order valence-electron chi connectivity index (χ0n) is 21.1. The van der Waals surface area contributed by atoms with Crippen LogP contribution in [0.2, 0.25) is 0 Å². The van der Waals surface area contributed by atoms with Crippen LogP contribution in [0.4, 0.5) is 0 Å². The molecule has 0 aliphatic heterocycles. The molecule has 0 unspecified atom stereocenters. The van der Waals surface area contributed by atoms with Gasteiger partial charge < -0.3 is 27.4 Å². The van der Waals surface area contributed by atoms with Crippen LogP contribution in [0.15, 0.2) is 60.7 Å². The number of fused-ring (bicyclic) bond motifs is 3. The van der Waals surface area contributed by atoms with E-state index in [0.717, 1.165) is 24.0 Å². The molecule has 1 aliphatic rings. The number of rotatable bonds is 3. The Bertz CT molecular complexity index is 1040.